The van der Waals surface area contributed by atoms with Crippen LogP contribution in [0.2, 0.25) is 0 Å². The van der Waals surface area contributed by atoms with E-state index in [4.69, 9.17) is 0 Å². The Morgan fingerprint density at radius 1 is 1.44 bits per heavy atom. The third-order valence-corrected chi connectivity index (χ3v) is 3.24. The van der Waals surface area contributed by atoms with E-state index in [2.05, 4.69) is 0 Å². The molecule has 2 atom stereocenters. The number of alkyl halides is 2. The van der Waals surface area contributed by atoms with Crippen LogP contribution in [-0.4, -0.2) is 55.4 Å². The number of hydrogen-bond donors (Lipinski definition) is 0. The predicted molar refractivity (Wildman–Crippen MR) is 56.2 cm³/mol. The number of carbonyl (C=O) groups excluding carboxylic acids is 1. The summed E-state index contributed by atoms with van der Waals surface area (Å²) >= 11 is 0. The van der Waals surface area contributed by atoms with Crippen molar-refractivity contribution in [3.8, 4) is 0 Å². The van der Waals surface area contributed by atoms with E-state index in [1.807, 2.05) is 19.0 Å². The minimum Gasteiger partial charge on any atom is -0.338 e. The van der Waals surface area contributed by atoms with Crippen LogP contribution >= 0.6 is 0 Å². The van der Waals surface area contributed by atoms with Gasteiger partial charge in [-0.25, -0.2) is 8.78 Å². The van der Waals surface area contributed by atoms with Gasteiger partial charge in [-0.1, -0.05) is 6.08 Å². The summed E-state index contributed by atoms with van der Waals surface area (Å²) in [5.41, 5.74) is 0. The summed E-state index contributed by atoms with van der Waals surface area (Å²) in [6.45, 7) is 1.11. The van der Waals surface area contributed by atoms with E-state index in [-0.39, 0.29) is 19.0 Å². The fraction of sp³-hybridized carbons (Fsp3) is 0.727. The van der Waals surface area contributed by atoms with Crippen molar-refractivity contribution in [3.05, 3.63) is 12.2 Å². The lowest BCUT2D eigenvalue weighted by molar-refractivity contribution is -0.126. The molecule has 2 unspecified atom stereocenters. The maximum atomic E-state index is 12.9. The summed E-state index contributed by atoms with van der Waals surface area (Å²) in [6.07, 6.45) is 3.23. The zero-order valence-corrected chi connectivity index (χ0v) is 9.49. The Bertz CT molecular complexity index is 314. The van der Waals surface area contributed by atoms with Crippen molar-refractivity contribution in [2.75, 3.05) is 33.7 Å². The molecule has 1 amide bonds. The number of amides is 1. The van der Waals surface area contributed by atoms with E-state index in [1.165, 1.54) is 11.0 Å². The molecule has 1 heterocycles. The molecule has 3 nitrogen and oxygen atoms in total. The number of hydrogen-bond acceptors (Lipinski definition) is 2. The molecular weight excluding hydrogens is 214 g/mol. The number of halogens is 2. The number of likely N-dealkylation sites (N-methyl/N-ethyl adjacent to an activating group) is 1. The lowest BCUT2D eigenvalue weighted by Gasteiger charge is -2.17. The fourth-order valence-corrected chi connectivity index (χ4v) is 2.16. The van der Waals surface area contributed by atoms with E-state index in [1.54, 1.807) is 6.08 Å². The van der Waals surface area contributed by atoms with Gasteiger partial charge in [0.2, 0.25) is 5.91 Å². The Kier molecular flexibility index (Phi) is 2.74. The van der Waals surface area contributed by atoms with Gasteiger partial charge in [0.05, 0.1) is 11.8 Å². The lowest BCUT2D eigenvalue weighted by Crippen LogP contribution is -2.32. The third kappa shape index (κ3) is 1.96. The van der Waals surface area contributed by atoms with Gasteiger partial charge < -0.3 is 9.80 Å². The van der Waals surface area contributed by atoms with Crippen LogP contribution in [0.4, 0.5) is 8.78 Å². The van der Waals surface area contributed by atoms with Crippen LogP contribution in [0.25, 0.3) is 0 Å². The molecule has 0 radical (unpaired) electrons. The molecule has 0 aromatic carbocycles. The molecule has 0 aromatic heterocycles. The Hall–Kier alpha value is -0.970. The number of nitrogens with zero attached hydrogens (tertiary/aromatic N) is 2. The Labute approximate surface area is 93.7 Å². The number of piperidine rings is 1. The van der Waals surface area contributed by atoms with Gasteiger partial charge in [0.1, 0.15) is 0 Å². The second-order valence-electron chi connectivity index (χ2n) is 4.80. The zero-order valence-electron chi connectivity index (χ0n) is 9.49. The molecule has 1 saturated heterocycles. The van der Waals surface area contributed by atoms with Crippen LogP contribution in [0.5, 0.6) is 0 Å². The fourth-order valence-electron chi connectivity index (χ4n) is 2.16. The predicted octanol–water partition coefficient (Wildman–Crippen LogP) is 0.828. The average molecular weight is 230 g/mol. The number of fused-ring (bicyclic) bond motifs is 1. The van der Waals surface area contributed by atoms with Gasteiger partial charge in [-0.3, -0.25) is 4.79 Å². The first kappa shape index (κ1) is 11.5. The van der Waals surface area contributed by atoms with Crippen molar-refractivity contribution in [2.45, 2.75) is 5.92 Å². The Morgan fingerprint density at radius 2 is 2.00 bits per heavy atom. The van der Waals surface area contributed by atoms with Crippen LogP contribution in [0, 0.1) is 11.8 Å². The molecule has 0 N–H and O–H groups in total. The molecule has 1 aliphatic carbocycles. The van der Waals surface area contributed by atoms with Crippen LogP contribution in [0.1, 0.15) is 0 Å². The van der Waals surface area contributed by atoms with Gasteiger partial charge in [0.15, 0.2) is 0 Å². The maximum absolute atomic E-state index is 12.9. The molecule has 16 heavy (non-hydrogen) atoms. The van der Waals surface area contributed by atoms with E-state index in [9.17, 15) is 13.6 Å². The highest BCUT2D eigenvalue weighted by Crippen LogP contribution is 2.59. The highest BCUT2D eigenvalue weighted by Gasteiger charge is 2.72. The molecule has 90 valence electrons. The molecule has 0 bridgehead atoms. The summed E-state index contributed by atoms with van der Waals surface area (Å²) in [5.74, 6) is -3.83. The average Bonchev–Trinajstić information content (AvgIpc) is 2.62. The SMILES string of the molecule is CN(C)CC=CC(=O)N1CC2C(C1)C2(F)F. The molecule has 2 fully saturated rings. The van der Waals surface area contributed by atoms with Crippen molar-refractivity contribution in [2.24, 2.45) is 11.8 Å². The van der Waals surface area contributed by atoms with E-state index in [0.717, 1.165) is 0 Å². The molecule has 1 aliphatic heterocycles. The smallest absolute Gasteiger partial charge is 0.258 e. The minimum absolute atomic E-state index is 0.148. The molecular formula is C11H16F2N2O. The van der Waals surface area contributed by atoms with Gasteiger partial charge in [0.25, 0.3) is 5.92 Å². The second kappa shape index (κ2) is 3.80. The van der Waals surface area contributed by atoms with Gasteiger partial charge >= 0.3 is 0 Å². The first-order valence-corrected chi connectivity index (χ1v) is 5.41. The summed E-state index contributed by atoms with van der Waals surface area (Å²) in [5, 5.41) is 0. The van der Waals surface area contributed by atoms with Crippen molar-refractivity contribution >= 4 is 5.91 Å². The Balaban J connectivity index is 1.79. The molecule has 2 aliphatic rings. The van der Waals surface area contributed by atoms with Crippen molar-refractivity contribution in [3.63, 3.8) is 0 Å². The Morgan fingerprint density at radius 3 is 2.50 bits per heavy atom. The topological polar surface area (TPSA) is 23.6 Å². The first-order chi connectivity index (χ1) is 7.43. The van der Waals surface area contributed by atoms with Crippen molar-refractivity contribution in [1.82, 2.24) is 9.80 Å². The standard InChI is InChI=1S/C11H16F2N2O/c1-14(2)5-3-4-10(16)15-6-8-9(7-15)11(8,12)13/h3-4,8-9H,5-7H2,1-2H3. The molecule has 5 heteroatoms. The first-order valence-electron chi connectivity index (χ1n) is 5.41. The third-order valence-electron chi connectivity index (χ3n) is 3.24. The summed E-state index contributed by atoms with van der Waals surface area (Å²) < 4.78 is 25.7. The molecule has 2 rings (SSSR count). The summed E-state index contributed by atoms with van der Waals surface area (Å²) in [4.78, 5) is 15.0. The zero-order chi connectivity index (χ0) is 11.9. The monoisotopic (exact) mass is 230 g/mol. The minimum atomic E-state index is -2.51. The van der Waals surface area contributed by atoms with Crippen molar-refractivity contribution in [1.29, 1.82) is 0 Å². The molecule has 1 saturated carbocycles. The summed E-state index contributed by atoms with van der Waals surface area (Å²) in [6, 6.07) is 0. The highest BCUT2D eigenvalue weighted by atomic mass is 19.3. The summed E-state index contributed by atoms with van der Waals surface area (Å²) in [7, 11) is 3.81. The lowest BCUT2D eigenvalue weighted by atomic mass is 10.3. The van der Waals surface area contributed by atoms with Gasteiger partial charge in [-0.05, 0) is 14.1 Å². The highest BCUT2D eigenvalue weighted by molar-refractivity contribution is 5.88. The molecule has 0 spiro atoms. The second-order valence-corrected chi connectivity index (χ2v) is 4.80. The van der Waals surface area contributed by atoms with Gasteiger partial charge in [-0.15, -0.1) is 0 Å². The molecule has 0 aromatic rings. The van der Waals surface area contributed by atoms with Gasteiger partial charge in [-0.2, -0.15) is 0 Å². The van der Waals surface area contributed by atoms with Gasteiger partial charge in [0, 0.05) is 25.7 Å². The van der Waals surface area contributed by atoms with E-state index < -0.39 is 17.8 Å². The maximum Gasteiger partial charge on any atom is 0.258 e. The normalized spacial score (nSPS) is 31.2. The van der Waals surface area contributed by atoms with Crippen LogP contribution in [0.3, 0.4) is 0 Å². The number of rotatable bonds is 3. The van der Waals surface area contributed by atoms with E-state index >= 15 is 0 Å². The largest absolute Gasteiger partial charge is 0.338 e. The quantitative estimate of drug-likeness (QED) is 0.670. The number of carbonyl (C=O) groups is 1. The van der Waals surface area contributed by atoms with E-state index in [0.29, 0.717) is 6.54 Å². The van der Waals surface area contributed by atoms with Crippen molar-refractivity contribution < 1.29 is 13.6 Å². The number of likely N-dealkylation sites (tertiary alicyclic amines) is 1. The van der Waals surface area contributed by atoms with Crippen LogP contribution in [-0.2, 0) is 4.79 Å². The van der Waals surface area contributed by atoms with Crippen LogP contribution < -0.4 is 0 Å². The van der Waals surface area contributed by atoms with Crippen LogP contribution in [0.15, 0.2) is 12.2 Å².